The molecule has 3 N–H and O–H groups in total. The Bertz CT molecular complexity index is 334. The Morgan fingerprint density at radius 2 is 1.53 bits per heavy atom. The van der Waals surface area contributed by atoms with E-state index in [0.29, 0.717) is 5.69 Å². The number of benzene rings is 1. The maximum atomic E-state index is 7.16. The Labute approximate surface area is 99.5 Å². The molecule has 6 nitrogen and oxygen atoms in total. The molecule has 0 amide bonds. The van der Waals surface area contributed by atoms with E-state index in [2.05, 4.69) is 9.98 Å². The molecule has 1 aromatic carbocycles. The zero-order valence-corrected chi connectivity index (χ0v) is 9.03. The SMILES string of the molecule is [NH-]C([NH-])=NC([NH-])=Nc1ccccc1.[O-2].[V]. The van der Waals surface area contributed by atoms with E-state index < -0.39 is 5.96 Å². The minimum atomic E-state index is -0.662. The van der Waals surface area contributed by atoms with Gasteiger partial charge in [-0.25, -0.2) is 0 Å². The van der Waals surface area contributed by atoms with E-state index in [4.69, 9.17) is 17.2 Å². The first-order valence-corrected chi connectivity index (χ1v) is 3.56. The summed E-state index contributed by atoms with van der Waals surface area (Å²) in [6.45, 7) is 0. The van der Waals surface area contributed by atoms with Crippen LogP contribution in [-0.2, 0) is 24.0 Å². The van der Waals surface area contributed by atoms with Crippen LogP contribution in [0.15, 0.2) is 40.3 Å². The molecule has 0 fully saturated rings. The van der Waals surface area contributed by atoms with Crippen LogP contribution < -0.4 is 0 Å². The zero-order valence-electron chi connectivity index (χ0n) is 7.64. The fourth-order valence-electron chi connectivity index (χ4n) is 0.756. The summed E-state index contributed by atoms with van der Waals surface area (Å²) < 4.78 is 0. The van der Waals surface area contributed by atoms with Crippen LogP contribution in [0.5, 0.6) is 0 Å². The van der Waals surface area contributed by atoms with Crippen molar-refractivity contribution in [2.45, 2.75) is 0 Å². The number of rotatable bonds is 1. The monoisotopic (exact) mass is 241 g/mol. The van der Waals surface area contributed by atoms with Crippen molar-refractivity contribution in [1.29, 1.82) is 0 Å². The summed E-state index contributed by atoms with van der Waals surface area (Å²) in [5.41, 5.74) is 21.1. The Kier molecular flexibility index (Phi) is 8.37. The van der Waals surface area contributed by atoms with Crippen LogP contribution in [0, 0.1) is 0 Å². The topological polar surface area (TPSA) is 125 Å². The predicted octanol–water partition coefficient (Wildman–Crippen LogP) is 3.07. The van der Waals surface area contributed by atoms with Crippen molar-refractivity contribution in [3.8, 4) is 0 Å². The number of nitrogens with zero attached hydrogens (tertiary/aromatic N) is 2. The van der Waals surface area contributed by atoms with Gasteiger partial charge in [0.1, 0.15) is 0 Å². The van der Waals surface area contributed by atoms with E-state index in [1.54, 1.807) is 24.3 Å². The Hall–Kier alpha value is -1.50. The van der Waals surface area contributed by atoms with E-state index in [0.717, 1.165) is 0 Å². The number of nitrogens with one attached hydrogen (secondary N) is 3. The molecule has 0 aliphatic heterocycles. The molecule has 0 saturated carbocycles. The van der Waals surface area contributed by atoms with Crippen molar-refractivity contribution in [3.05, 3.63) is 47.5 Å². The van der Waals surface area contributed by atoms with Crippen molar-refractivity contribution in [2.75, 3.05) is 0 Å². The van der Waals surface area contributed by atoms with E-state index in [-0.39, 0.29) is 30.0 Å². The Balaban J connectivity index is 0. The molecule has 1 radical (unpaired) electrons. The molecule has 0 spiro atoms. The van der Waals surface area contributed by atoms with Crippen LogP contribution in [0.1, 0.15) is 0 Å². The molecule has 1 rings (SSSR count). The van der Waals surface area contributed by atoms with Gasteiger partial charge in [0, 0.05) is 24.5 Å². The summed E-state index contributed by atoms with van der Waals surface area (Å²) in [5, 5.41) is 0. The third kappa shape index (κ3) is 6.56. The van der Waals surface area contributed by atoms with Crippen molar-refractivity contribution >= 4 is 17.6 Å². The van der Waals surface area contributed by atoms with Crippen molar-refractivity contribution in [1.82, 2.24) is 0 Å². The maximum Gasteiger partial charge on any atom is 0.0193 e. The van der Waals surface area contributed by atoms with Gasteiger partial charge in [0.15, 0.2) is 0 Å². The third-order valence-electron chi connectivity index (χ3n) is 1.21. The summed E-state index contributed by atoms with van der Waals surface area (Å²) in [6, 6.07) is 8.86. The minimum absolute atomic E-state index is 0. The van der Waals surface area contributed by atoms with Crippen LogP contribution in [-0.4, -0.2) is 11.9 Å². The molecule has 0 aromatic heterocycles. The van der Waals surface area contributed by atoms with Gasteiger partial charge < -0.3 is 32.7 Å². The summed E-state index contributed by atoms with van der Waals surface area (Å²) in [7, 11) is 0. The fourth-order valence-corrected chi connectivity index (χ4v) is 0.756. The molecule has 0 aliphatic rings. The van der Waals surface area contributed by atoms with Crippen molar-refractivity contribution in [3.63, 3.8) is 0 Å². The van der Waals surface area contributed by atoms with Gasteiger partial charge in [-0.3, -0.25) is 0 Å². The second-order valence-electron chi connectivity index (χ2n) is 2.23. The number of para-hydroxylation sites is 1. The van der Waals surface area contributed by atoms with E-state index in [1.165, 1.54) is 0 Å². The van der Waals surface area contributed by atoms with Crippen molar-refractivity contribution < 1.29 is 24.0 Å². The standard InChI is InChI=1S/C8H8N5.O.V/c9-7(10)13-8(11)12-6-4-2-1-3-5-6;;/h1-5H,(H3-3,9,10,11,12,13);;/q-3;-2;. The quantitative estimate of drug-likeness (QED) is 0.529. The molecule has 0 bridgehead atoms. The molecule has 0 aliphatic carbocycles. The first-order valence-electron chi connectivity index (χ1n) is 3.56. The number of aliphatic imine (C=N–C) groups is 2. The summed E-state index contributed by atoms with van der Waals surface area (Å²) in [5.74, 6) is -0.990. The molecule has 0 saturated heterocycles. The molecule has 81 valence electrons. The average molecular weight is 241 g/mol. The van der Waals surface area contributed by atoms with Gasteiger partial charge in [0.25, 0.3) is 0 Å². The minimum Gasteiger partial charge on any atom is -2.00 e. The van der Waals surface area contributed by atoms with Gasteiger partial charge in [-0.15, -0.1) is 5.96 Å². The summed E-state index contributed by atoms with van der Waals surface area (Å²) in [4.78, 5) is 6.99. The van der Waals surface area contributed by atoms with Crippen LogP contribution in [0.25, 0.3) is 17.2 Å². The molecule has 0 unspecified atom stereocenters. The predicted molar refractivity (Wildman–Crippen MR) is 54.6 cm³/mol. The molecule has 0 heterocycles. The largest absolute Gasteiger partial charge is 2.00 e. The van der Waals surface area contributed by atoms with Gasteiger partial charge in [0.2, 0.25) is 0 Å². The van der Waals surface area contributed by atoms with Crippen LogP contribution >= 0.6 is 0 Å². The maximum absolute atomic E-state index is 7.16. The van der Waals surface area contributed by atoms with E-state index in [9.17, 15) is 0 Å². The van der Waals surface area contributed by atoms with Gasteiger partial charge in [-0.05, 0) is 5.69 Å². The molecule has 7 heteroatoms. The Morgan fingerprint density at radius 1 is 1.00 bits per heavy atom. The number of hydrogen-bond donors (Lipinski definition) is 0. The van der Waals surface area contributed by atoms with Crippen LogP contribution in [0.4, 0.5) is 5.69 Å². The third-order valence-corrected chi connectivity index (χ3v) is 1.21. The second-order valence-corrected chi connectivity index (χ2v) is 2.23. The van der Waals surface area contributed by atoms with Gasteiger partial charge in [-0.2, -0.15) is 0 Å². The molecular formula is C8H8N5OV-5. The normalized spacial score (nSPS) is 9.47. The number of hydrogen-bond acceptors (Lipinski definition) is 1. The first-order chi connectivity index (χ1) is 6.18. The Morgan fingerprint density at radius 3 is 2.00 bits per heavy atom. The molecule has 1 aromatic rings. The summed E-state index contributed by atoms with van der Waals surface area (Å²) >= 11 is 0. The fraction of sp³-hybridized carbons (Fsp3) is 0. The van der Waals surface area contributed by atoms with Crippen LogP contribution in [0.3, 0.4) is 0 Å². The van der Waals surface area contributed by atoms with Crippen LogP contribution in [0.2, 0.25) is 0 Å². The van der Waals surface area contributed by atoms with Gasteiger partial charge in [0.05, 0.1) is 0 Å². The molecule has 15 heavy (non-hydrogen) atoms. The summed E-state index contributed by atoms with van der Waals surface area (Å²) in [6.07, 6.45) is 0. The smallest absolute Gasteiger partial charge is 0.0193 e. The van der Waals surface area contributed by atoms with Crippen molar-refractivity contribution in [2.24, 2.45) is 9.98 Å². The molecular weight excluding hydrogens is 233 g/mol. The number of guanidine groups is 2. The van der Waals surface area contributed by atoms with E-state index >= 15 is 0 Å². The molecule has 0 atom stereocenters. The van der Waals surface area contributed by atoms with Gasteiger partial charge in [-0.1, -0.05) is 30.3 Å². The average Bonchev–Trinajstić information content (AvgIpc) is 2.04. The zero-order chi connectivity index (χ0) is 9.68. The second kappa shape index (κ2) is 7.87. The van der Waals surface area contributed by atoms with E-state index in [1.807, 2.05) is 6.07 Å². The van der Waals surface area contributed by atoms with Gasteiger partial charge >= 0.3 is 0 Å². The first kappa shape index (κ1) is 16.0.